The van der Waals surface area contributed by atoms with E-state index in [1.807, 2.05) is 0 Å². The summed E-state index contributed by atoms with van der Waals surface area (Å²) in [6.07, 6.45) is 0. The summed E-state index contributed by atoms with van der Waals surface area (Å²) < 4.78 is 13.1. The third-order valence-electron chi connectivity index (χ3n) is 2.62. The molecule has 0 aliphatic carbocycles. The van der Waals surface area contributed by atoms with Crippen molar-refractivity contribution in [2.24, 2.45) is 0 Å². The zero-order chi connectivity index (χ0) is 15.2. The van der Waals surface area contributed by atoms with Gasteiger partial charge in [0.1, 0.15) is 12.4 Å². The van der Waals surface area contributed by atoms with E-state index in [2.05, 4.69) is 17.2 Å². The lowest BCUT2D eigenvalue weighted by molar-refractivity contribution is 0.102. The minimum Gasteiger partial charge on any atom is -0.384 e. The fourth-order valence-corrected chi connectivity index (χ4v) is 1.86. The average molecular weight is 304 g/mol. The number of aliphatic hydroxyl groups is 1. The number of aliphatic hydroxyl groups excluding tert-OH is 1. The van der Waals surface area contributed by atoms with Crippen LogP contribution in [0.1, 0.15) is 15.9 Å². The molecule has 0 spiro atoms. The fourth-order valence-electron chi connectivity index (χ4n) is 1.69. The molecular weight excluding hydrogens is 293 g/mol. The fraction of sp³-hybridized carbons (Fsp3) is 0.0625. The molecule has 0 unspecified atom stereocenters. The van der Waals surface area contributed by atoms with Gasteiger partial charge in [-0.2, -0.15) is 0 Å². The van der Waals surface area contributed by atoms with Crippen LogP contribution in [0.2, 0.25) is 5.02 Å². The van der Waals surface area contributed by atoms with E-state index in [1.54, 1.807) is 18.2 Å². The lowest BCUT2D eigenvalue weighted by Gasteiger charge is -2.08. The topological polar surface area (TPSA) is 49.3 Å². The molecule has 1 amide bonds. The highest BCUT2D eigenvalue weighted by molar-refractivity contribution is 6.31. The van der Waals surface area contributed by atoms with Crippen LogP contribution in [0.15, 0.2) is 42.5 Å². The quantitative estimate of drug-likeness (QED) is 0.838. The van der Waals surface area contributed by atoms with E-state index < -0.39 is 11.7 Å². The highest BCUT2D eigenvalue weighted by Crippen LogP contribution is 2.21. The molecule has 0 fully saturated rings. The largest absolute Gasteiger partial charge is 0.384 e. The first-order valence-electron chi connectivity index (χ1n) is 6.06. The van der Waals surface area contributed by atoms with Crippen molar-refractivity contribution >= 4 is 23.2 Å². The molecule has 0 aliphatic heterocycles. The number of halogens is 2. The molecule has 3 nitrogen and oxygen atoms in total. The van der Waals surface area contributed by atoms with E-state index in [-0.39, 0.29) is 12.2 Å². The molecule has 0 atom stereocenters. The minimum absolute atomic E-state index is 0.191. The summed E-state index contributed by atoms with van der Waals surface area (Å²) in [5, 5.41) is 11.8. The van der Waals surface area contributed by atoms with Crippen LogP contribution in [-0.2, 0) is 0 Å². The molecule has 0 bridgehead atoms. The lowest BCUT2D eigenvalue weighted by atomic mass is 10.1. The smallest absolute Gasteiger partial charge is 0.255 e. The highest BCUT2D eigenvalue weighted by atomic mass is 35.5. The third kappa shape index (κ3) is 4.06. The maximum absolute atomic E-state index is 13.1. The summed E-state index contributed by atoms with van der Waals surface area (Å²) in [4.78, 5) is 12.1. The zero-order valence-corrected chi connectivity index (χ0v) is 11.6. The van der Waals surface area contributed by atoms with Crippen molar-refractivity contribution in [3.63, 3.8) is 0 Å². The third-order valence-corrected chi connectivity index (χ3v) is 2.85. The summed E-state index contributed by atoms with van der Waals surface area (Å²) in [5.74, 6) is 4.25. The number of amides is 1. The van der Waals surface area contributed by atoms with E-state index in [0.29, 0.717) is 16.3 Å². The highest BCUT2D eigenvalue weighted by Gasteiger charge is 2.09. The summed E-state index contributed by atoms with van der Waals surface area (Å²) in [6.45, 7) is -0.292. The van der Waals surface area contributed by atoms with Gasteiger partial charge in [-0.05, 0) is 36.4 Å². The second kappa shape index (κ2) is 6.89. The van der Waals surface area contributed by atoms with Crippen LogP contribution in [0.25, 0.3) is 0 Å². The van der Waals surface area contributed by atoms with E-state index >= 15 is 0 Å². The number of carbonyl (C=O) groups excluding carboxylic acids is 1. The molecule has 2 N–H and O–H groups in total. The van der Waals surface area contributed by atoms with Crippen LogP contribution in [0, 0.1) is 17.7 Å². The van der Waals surface area contributed by atoms with Gasteiger partial charge < -0.3 is 10.4 Å². The van der Waals surface area contributed by atoms with Gasteiger partial charge in [0.2, 0.25) is 0 Å². The molecule has 0 saturated carbocycles. The van der Waals surface area contributed by atoms with Crippen molar-refractivity contribution < 1.29 is 14.3 Å². The normalized spacial score (nSPS) is 9.67. The Balaban J connectivity index is 2.30. The van der Waals surface area contributed by atoms with Gasteiger partial charge in [-0.1, -0.05) is 29.5 Å². The number of carbonyl (C=O) groups is 1. The van der Waals surface area contributed by atoms with Crippen molar-refractivity contribution in [3.8, 4) is 11.8 Å². The van der Waals surface area contributed by atoms with Gasteiger partial charge in [-0.3, -0.25) is 4.79 Å². The molecule has 0 aliphatic rings. The predicted octanol–water partition coefficient (Wildman–Crippen LogP) is 3.08. The second-order valence-electron chi connectivity index (χ2n) is 4.11. The first kappa shape index (κ1) is 15.0. The summed E-state index contributed by atoms with van der Waals surface area (Å²) in [5.41, 5.74) is 1.10. The van der Waals surface area contributed by atoms with Gasteiger partial charge in [0.15, 0.2) is 0 Å². The van der Waals surface area contributed by atoms with Crippen LogP contribution in [0.5, 0.6) is 0 Å². The van der Waals surface area contributed by atoms with E-state index in [1.165, 1.54) is 18.2 Å². The Labute approximate surface area is 126 Å². The Hall–Kier alpha value is -2.35. The Morgan fingerprint density at radius 2 is 2.10 bits per heavy atom. The Morgan fingerprint density at radius 3 is 2.81 bits per heavy atom. The lowest BCUT2D eigenvalue weighted by Crippen LogP contribution is -2.13. The maximum Gasteiger partial charge on any atom is 0.255 e. The van der Waals surface area contributed by atoms with Gasteiger partial charge in [0.25, 0.3) is 5.91 Å². The Morgan fingerprint density at radius 1 is 1.29 bits per heavy atom. The van der Waals surface area contributed by atoms with Gasteiger partial charge in [0, 0.05) is 16.1 Å². The molecule has 2 rings (SSSR count). The van der Waals surface area contributed by atoms with Crippen molar-refractivity contribution in [1.82, 2.24) is 0 Å². The maximum atomic E-state index is 13.1. The van der Waals surface area contributed by atoms with Crippen molar-refractivity contribution in [1.29, 1.82) is 0 Å². The Bertz CT molecular complexity index is 735. The van der Waals surface area contributed by atoms with Crippen molar-refractivity contribution in [3.05, 3.63) is 64.4 Å². The summed E-state index contributed by atoms with van der Waals surface area (Å²) in [6, 6.07) is 10.1. The number of hydrogen-bond donors (Lipinski definition) is 2. The van der Waals surface area contributed by atoms with E-state index in [9.17, 15) is 9.18 Å². The summed E-state index contributed by atoms with van der Waals surface area (Å²) >= 11 is 5.90. The first-order valence-corrected chi connectivity index (χ1v) is 6.44. The molecular formula is C16H11ClFNO2. The number of anilines is 1. The van der Waals surface area contributed by atoms with Crippen LogP contribution in [-0.4, -0.2) is 17.6 Å². The molecule has 0 radical (unpaired) electrons. The molecule has 21 heavy (non-hydrogen) atoms. The Kier molecular flexibility index (Phi) is 4.94. The van der Waals surface area contributed by atoms with Gasteiger partial charge in [-0.15, -0.1) is 0 Å². The van der Waals surface area contributed by atoms with E-state index in [0.717, 1.165) is 6.07 Å². The molecule has 5 heteroatoms. The van der Waals surface area contributed by atoms with Crippen molar-refractivity contribution in [2.75, 3.05) is 11.9 Å². The number of nitrogens with one attached hydrogen (secondary N) is 1. The zero-order valence-electron chi connectivity index (χ0n) is 10.9. The number of hydrogen-bond acceptors (Lipinski definition) is 2. The predicted molar refractivity (Wildman–Crippen MR) is 79.8 cm³/mol. The summed E-state index contributed by atoms with van der Waals surface area (Å²) in [7, 11) is 0. The first-order chi connectivity index (χ1) is 10.1. The minimum atomic E-state index is -0.492. The van der Waals surface area contributed by atoms with Gasteiger partial charge in [-0.25, -0.2) is 4.39 Å². The van der Waals surface area contributed by atoms with Crippen LogP contribution < -0.4 is 5.32 Å². The standard InChI is InChI=1S/C16H11ClFNO2/c17-13-7-6-11(4-2-8-20)15(10-13)19-16(21)12-3-1-5-14(18)9-12/h1,3,5-7,9-10,20H,8H2,(H,19,21). The van der Waals surface area contributed by atoms with Gasteiger partial charge in [0.05, 0.1) is 5.69 Å². The molecule has 2 aromatic rings. The molecule has 2 aromatic carbocycles. The van der Waals surface area contributed by atoms with Crippen LogP contribution in [0.3, 0.4) is 0 Å². The van der Waals surface area contributed by atoms with Gasteiger partial charge >= 0.3 is 0 Å². The number of benzene rings is 2. The second-order valence-corrected chi connectivity index (χ2v) is 4.55. The van der Waals surface area contributed by atoms with E-state index in [4.69, 9.17) is 16.7 Å². The average Bonchev–Trinajstić information content (AvgIpc) is 2.46. The molecule has 0 heterocycles. The number of rotatable bonds is 2. The van der Waals surface area contributed by atoms with Crippen LogP contribution >= 0.6 is 11.6 Å². The molecule has 0 aromatic heterocycles. The van der Waals surface area contributed by atoms with Crippen molar-refractivity contribution in [2.45, 2.75) is 0 Å². The SMILES string of the molecule is O=C(Nc1cc(Cl)ccc1C#CCO)c1cccc(F)c1. The monoisotopic (exact) mass is 303 g/mol. The molecule has 106 valence electrons. The van der Waals surface area contributed by atoms with Crippen LogP contribution in [0.4, 0.5) is 10.1 Å². The molecule has 0 saturated heterocycles.